The van der Waals surface area contributed by atoms with Gasteiger partial charge in [-0.2, -0.15) is 13.0 Å². The molecule has 2 aromatic carbocycles. The second-order valence-corrected chi connectivity index (χ2v) is 7.93. The molecule has 0 aromatic heterocycles. The van der Waals surface area contributed by atoms with Crippen LogP contribution in [0.2, 0.25) is 0 Å². The van der Waals surface area contributed by atoms with Gasteiger partial charge in [0, 0.05) is 18.6 Å². The second-order valence-electron chi connectivity index (χ2n) is 6.51. The van der Waals surface area contributed by atoms with Crippen LogP contribution in [0.25, 0.3) is 10.8 Å². The van der Waals surface area contributed by atoms with Gasteiger partial charge in [-0.15, -0.1) is 0 Å². The van der Waals surface area contributed by atoms with Gasteiger partial charge in [0.2, 0.25) is 12.2 Å². The number of nitrogens with zero attached hydrogens (tertiary/aromatic N) is 1. The van der Waals surface area contributed by atoms with Crippen LogP contribution in [0.3, 0.4) is 0 Å². The Balaban J connectivity index is 2.37. The first kappa shape index (κ1) is 16.6. The first-order chi connectivity index (χ1) is 11.0. The number of aliphatic carboxylic acids is 1. The van der Waals surface area contributed by atoms with Crippen LogP contribution in [0.1, 0.15) is 26.3 Å². The third-order valence-electron chi connectivity index (χ3n) is 4.79. The van der Waals surface area contributed by atoms with E-state index in [4.69, 9.17) is 0 Å². The number of hydrogen-bond acceptors (Lipinski definition) is 3. The molecule has 6 nitrogen and oxygen atoms in total. The third-order valence-corrected chi connectivity index (χ3v) is 5.64. The van der Waals surface area contributed by atoms with Crippen LogP contribution in [-0.2, 0) is 20.3 Å². The molecular weight excluding hydrogens is 330 g/mol. The van der Waals surface area contributed by atoms with E-state index < -0.39 is 21.5 Å². The van der Waals surface area contributed by atoms with Crippen LogP contribution in [-0.4, -0.2) is 40.9 Å². The van der Waals surface area contributed by atoms with Crippen molar-refractivity contribution in [2.45, 2.75) is 31.1 Å². The molecule has 2 aromatic rings. The molecular formula is C17H18NO5S+. The quantitative estimate of drug-likeness (QED) is 0.657. The van der Waals surface area contributed by atoms with E-state index in [9.17, 15) is 22.9 Å². The smallest absolute Gasteiger partial charge is 0.370 e. The number of rotatable bonds is 3. The number of carboxylic acids is 1. The number of carbonyl (C=O) groups is 1. The van der Waals surface area contributed by atoms with E-state index in [0.29, 0.717) is 5.39 Å². The van der Waals surface area contributed by atoms with E-state index in [0.717, 1.165) is 22.3 Å². The Morgan fingerprint density at radius 1 is 1.21 bits per heavy atom. The van der Waals surface area contributed by atoms with Gasteiger partial charge in [-0.25, -0.2) is 4.79 Å². The highest BCUT2D eigenvalue weighted by Gasteiger charge is 2.44. The molecule has 0 atom stereocenters. The Morgan fingerprint density at radius 2 is 1.83 bits per heavy atom. The van der Waals surface area contributed by atoms with Crippen LogP contribution >= 0.6 is 0 Å². The van der Waals surface area contributed by atoms with Gasteiger partial charge in [-0.1, -0.05) is 6.07 Å². The second kappa shape index (κ2) is 5.12. The maximum Gasteiger partial charge on any atom is 0.370 e. The summed E-state index contributed by atoms with van der Waals surface area (Å²) >= 11 is 0. The van der Waals surface area contributed by atoms with Crippen LogP contribution in [0.15, 0.2) is 35.2 Å². The molecule has 1 aliphatic heterocycles. The van der Waals surface area contributed by atoms with Crippen molar-refractivity contribution in [1.29, 1.82) is 0 Å². The van der Waals surface area contributed by atoms with E-state index in [1.807, 2.05) is 32.9 Å². The van der Waals surface area contributed by atoms with Crippen LogP contribution < -0.4 is 0 Å². The molecule has 0 fully saturated rings. The molecule has 0 aliphatic carbocycles. The highest BCUT2D eigenvalue weighted by atomic mass is 32.2. The molecule has 7 heteroatoms. The van der Waals surface area contributed by atoms with Crippen LogP contribution in [0, 0.1) is 0 Å². The number of hydrogen-bond donors (Lipinski definition) is 2. The predicted octanol–water partition coefficient (Wildman–Crippen LogP) is 2.57. The lowest BCUT2D eigenvalue weighted by molar-refractivity contribution is -0.429. The molecule has 0 saturated heterocycles. The maximum atomic E-state index is 11.5. The molecule has 0 unspecified atom stereocenters. The largest absolute Gasteiger partial charge is 0.477 e. The summed E-state index contributed by atoms with van der Waals surface area (Å²) in [5.41, 5.74) is 2.04. The van der Waals surface area contributed by atoms with Crippen molar-refractivity contribution in [2.24, 2.45) is 0 Å². The Hall–Kier alpha value is -2.25. The number of fused-ring (bicyclic) bond motifs is 3. The first-order valence-corrected chi connectivity index (χ1v) is 8.85. The molecule has 0 saturated carbocycles. The van der Waals surface area contributed by atoms with E-state index >= 15 is 0 Å². The lowest BCUT2D eigenvalue weighted by Gasteiger charge is -2.17. The third kappa shape index (κ3) is 2.40. The molecule has 1 heterocycles. The summed E-state index contributed by atoms with van der Waals surface area (Å²) < 4.78 is 34.0. The van der Waals surface area contributed by atoms with Gasteiger partial charge in [-0.05, 0) is 42.8 Å². The Morgan fingerprint density at radius 3 is 2.42 bits per heavy atom. The highest BCUT2D eigenvalue weighted by Crippen LogP contribution is 2.44. The zero-order valence-electron chi connectivity index (χ0n) is 13.6. The Kier molecular flexibility index (Phi) is 3.54. The van der Waals surface area contributed by atoms with Crippen molar-refractivity contribution in [3.05, 3.63) is 35.9 Å². The Bertz CT molecular complexity index is 1020. The normalized spacial score (nSPS) is 16.5. The average Bonchev–Trinajstić information content (AvgIpc) is 2.66. The molecule has 126 valence electrons. The monoisotopic (exact) mass is 348 g/mol. The summed E-state index contributed by atoms with van der Waals surface area (Å²) in [7, 11) is -4.31. The van der Waals surface area contributed by atoms with Gasteiger partial charge in [0.1, 0.15) is 0 Å². The first-order valence-electron chi connectivity index (χ1n) is 7.41. The summed E-state index contributed by atoms with van der Waals surface area (Å²) in [5.74, 6) is -0.940. The van der Waals surface area contributed by atoms with Crippen molar-refractivity contribution >= 4 is 38.3 Å². The summed E-state index contributed by atoms with van der Waals surface area (Å²) in [5, 5.41) is 10.7. The Labute approximate surface area is 139 Å². The minimum atomic E-state index is -4.31. The minimum absolute atomic E-state index is 0.161. The van der Waals surface area contributed by atoms with Gasteiger partial charge in [0.15, 0.2) is 5.71 Å². The fourth-order valence-electron chi connectivity index (χ4n) is 3.37. The van der Waals surface area contributed by atoms with Crippen LogP contribution in [0.5, 0.6) is 0 Å². The molecule has 2 N–H and O–H groups in total. The van der Waals surface area contributed by atoms with Crippen LogP contribution in [0.4, 0.5) is 5.69 Å². The van der Waals surface area contributed by atoms with E-state index in [1.165, 1.54) is 12.1 Å². The standard InChI is InChI=1S/C17H17NO5S/c1-10-17(2,3)16-13-8-12(24(21,22)23)6-4-11(13)5-7-14(16)18(10)9-15(19)20/h4-8H,9H2,1-3H3,(H-,19,20,21,22,23)/p+1. The zero-order chi connectivity index (χ0) is 17.9. The van der Waals surface area contributed by atoms with Crippen molar-refractivity contribution in [3.8, 4) is 0 Å². The van der Waals surface area contributed by atoms with Gasteiger partial charge in [0.05, 0.1) is 10.3 Å². The van der Waals surface area contributed by atoms with Crippen molar-refractivity contribution < 1.29 is 27.4 Å². The number of benzene rings is 2. The van der Waals surface area contributed by atoms with E-state index in [1.54, 1.807) is 10.6 Å². The summed E-state index contributed by atoms with van der Waals surface area (Å²) in [6.45, 7) is 5.67. The molecule has 0 amide bonds. The molecule has 0 bridgehead atoms. The maximum absolute atomic E-state index is 11.5. The number of carboxylic acid groups (broad SMARTS) is 1. The van der Waals surface area contributed by atoms with E-state index in [-0.39, 0.29) is 11.4 Å². The van der Waals surface area contributed by atoms with Gasteiger partial charge in [-0.3, -0.25) is 4.55 Å². The van der Waals surface area contributed by atoms with Gasteiger partial charge < -0.3 is 5.11 Å². The molecule has 24 heavy (non-hydrogen) atoms. The zero-order valence-corrected chi connectivity index (χ0v) is 14.4. The minimum Gasteiger partial charge on any atom is -0.477 e. The van der Waals surface area contributed by atoms with E-state index in [2.05, 4.69) is 0 Å². The molecule has 0 spiro atoms. The topological polar surface area (TPSA) is 94.7 Å². The summed E-state index contributed by atoms with van der Waals surface area (Å²) in [6, 6.07) is 8.13. The molecule has 1 aliphatic rings. The van der Waals surface area contributed by atoms with Gasteiger partial charge >= 0.3 is 5.97 Å². The van der Waals surface area contributed by atoms with Gasteiger partial charge in [0.25, 0.3) is 10.1 Å². The van der Waals surface area contributed by atoms with Crippen molar-refractivity contribution in [1.82, 2.24) is 0 Å². The fourth-order valence-corrected chi connectivity index (χ4v) is 3.87. The van der Waals surface area contributed by atoms with Crippen molar-refractivity contribution in [3.63, 3.8) is 0 Å². The molecule has 0 radical (unpaired) electrons. The molecule has 3 rings (SSSR count). The predicted molar refractivity (Wildman–Crippen MR) is 89.9 cm³/mol. The fraction of sp³-hybridized carbons (Fsp3) is 0.294. The lowest BCUT2D eigenvalue weighted by atomic mass is 9.80. The lowest BCUT2D eigenvalue weighted by Crippen LogP contribution is -2.28. The highest BCUT2D eigenvalue weighted by molar-refractivity contribution is 7.85. The summed E-state index contributed by atoms with van der Waals surface area (Å²) in [4.78, 5) is 11.0. The SMILES string of the molecule is CC1=[N+](CC(=O)O)c2ccc3ccc(S(=O)(=O)O)cc3c2C1(C)C. The van der Waals surface area contributed by atoms with Crippen molar-refractivity contribution in [2.75, 3.05) is 6.54 Å². The summed E-state index contributed by atoms with van der Waals surface area (Å²) in [6.07, 6.45) is 0. The average molecular weight is 348 g/mol.